The molecule has 2 N–H and O–H groups in total. The zero-order valence-corrected chi connectivity index (χ0v) is 16.6. The van der Waals surface area contributed by atoms with E-state index in [2.05, 4.69) is 5.10 Å². The molecule has 1 saturated heterocycles. The van der Waals surface area contributed by atoms with Crippen LogP contribution in [0.1, 0.15) is 11.1 Å². The first-order valence-corrected chi connectivity index (χ1v) is 9.21. The highest BCUT2D eigenvalue weighted by molar-refractivity contribution is 8.26. The van der Waals surface area contributed by atoms with Crippen LogP contribution in [0.25, 0.3) is 6.08 Å². The SMILES string of the molecule is COc1cc(/C=N\N2C(=O)/C(=C/c3ccc(O)c(OC)c3)SC2=S)ccc1O. The molecule has 0 spiro atoms. The number of thiocarbonyl (C=S) groups is 1. The molecule has 0 unspecified atom stereocenters. The van der Waals surface area contributed by atoms with Crippen LogP contribution in [0.4, 0.5) is 0 Å². The van der Waals surface area contributed by atoms with Crippen molar-refractivity contribution in [2.24, 2.45) is 5.10 Å². The number of thioether (sulfide) groups is 1. The normalized spacial score (nSPS) is 15.6. The third-order valence-electron chi connectivity index (χ3n) is 3.80. The minimum Gasteiger partial charge on any atom is -0.504 e. The number of amides is 1. The van der Waals surface area contributed by atoms with E-state index in [0.29, 0.717) is 31.9 Å². The molecule has 28 heavy (non-hydrogen) atoms. The maximum absolute atomic E-state index is 12.6. The first-order valence-electron chi connectivity index (χ1n) is 7.99. The molecule has 1 aliphatic heterocycles. The van der Waals surface area contributed by atoms with Gasteiger partial charge in [-0.05, 0) is 59.8 Å². The summed E-state index contributed by atoms with van der Waals surface area (Å²) < 4.78 is 10.4. The first-order chi connectivity index (χ1) is 13.4. The Hall–Kier alpha value is -3.04. The number of hydrogen-bond acceptors (Lipinski definition) is 8. The first kappa shape index (κ1) is 19.7. The van der Waals surface area contributed by atoms with Crippen molar-refractivity contribution in [1.82, 2.24) is 5.01 Å². The highest BCUT2D eigenvalue weighted by Gasteiger charge is 2.32. The van der Waals surface area contributed by atoms with Gasteiger partial charge in [-0.1, -0.05) is 17.8 Å². The van der Waals surface area contributed by atoms with Crippen LogP contribution in [0.2, 0.25) is 0 Å². The average Bonchev–Trinajstić information content (AvgIpc) is 2.95. The molecule has 0 atom stereocenters. The Kier molecular flexibility index (Phi) is 5.86. The molecule has 9 heteroatoms. The van der Waals surface area contributed by atoms with E-state index in [-0.39, 0.29) is 17.4 Å². The second kappa shape index (κ2) is 8.32. The summed E-state index contributed by atoms with van der Waals surface area (Å²) in [6.45, 7) is 0. The minimum atomic E-state index is -0.357. The van der Waals surface area contributed by atoms with E-state index in [1.54, 1.807) is 30.3 Å². The fraction of sp³-hybridized carbons (Fsp3) is 0.105. The second-order valence-electron chi connectivity index (χ2n) is 5.60. The van der Waals surface area contributed by atoms with Crippen molar-refractivity contribution in [1.29, 1.82) is 0 Å². The molecule has 3 rings (SSSR count). The number of methoxy groups -OCH3 is 2. The van der Waals surface area contributed by atoms with E-state index in [1.165, 1.54) is 32.6 Å². The van der Waals surface area contributed by atoms with Crippen LogP contribution < -0.4 is 9.47 Å². The van der Waals surface area contributed by atoms with E-state index in [0.717, 1.165) is 16.8 Å². The number of carbonyl (C=O) groups is 1. The number of carbonyl (C=O) groups excluding carboxylic acids is 1. The van der Waals surface area contributed by atoms with Gasteiger partial charge in [-0.2, -0.15) is 10.1 Å². The van der Waals surface area contributed by atoms with Crippen LogP contribution in [-0.4, -0.2) is 45.9 Å². The predicted octanol–water partition coefficient (Wildman–Crippen LogP) is 3.35. The number of aromatic hydroxyl groups is 2. The smallest absolute Gasteiger partial charge is 0.286 e. The van der Waals surface area contributed by atoms with Gasteiger partial charge >= 0.3 is 0 Å². The lowest BCUT2D eigenvalue weighted by Crippen LogP contribution is -2.22. The third kappa shape index (κ3) is 4.10. The second-order valence-corrected chi connectivity index (χ2v) is 7.28. The maximum Gasteiger partial charge on any atom is 0.286 e. The van der Waals surface area contributed by atoms with E-state index in [1.807, 2.05) is 0 Å². The Balaban J connectivity index is 1.82. The van der Waals surface area contributed by atoms with Gasteiger partial charge in [0.05, 0.1) is 25.3 Å². The van der Waals surface area contributed by atoms with E-state index >= 15 is 0 Å². The Labute approximate surface area is 170 Å². The lowest BCUT2D eigenvalue weighted by atomic mass is 10.2. The van der Waals surface area contributed by atoms with Crippen LogP contribution in [-0.2, 0) is 4.79 Å². The van der Waals surface area contributed by atoms with Gasteiger partial charge < -0.3 is 19.7 Å². The van der Waals surface area contributed by atoms with Crippen molar-refractivity contribution < 1.29 is 24.5 Å². The van der Waals surface area contributed by atoms with Gasteiger partial charge in [0.25, 0.3) is 5.91 Å². The van der Waals surface area contributed by atoms with Crippen LogP contribution in [0, 0.1) is 0 Å². The van der Waals surface area contributed by atoms with Gasteiger partial charge in [-0.3, -0.25) is 4.79 Å². The predicted molar refractivity (Wildman–Crippen MR) is 112 cm³/mol. The Morgan fingerprint density at radius 2 is 1.61 bits per heavy atom. The molecular weight excluding hydrogens is 400 g/mol. The van der Waals surface area contributed by atoms with Gasteiger partial charge in [0, 0.05) is 0 Å². The molecule has 2 aromatic carbocycles. The van der Waals surface area contributed by atoms with Crippen LogP contribution in [0.3, 0.4) is 0 Å². The summed E-state index contributed by atoms with van der Waals surface area (Å²) in [4.78, 5) is 13.0. The summed E-state index contributed by atoms with van der Waals surface area (Å²) in [6, 6.07) is 9.47. The van der Waals surface area contributed by atoms with Gasteiger partial charge in [-0.15, -0.1) is 0 Å². The number of phenols is 2. The summed E-state index contributed by atoms with van der Waals surface area (Å²) in [7, 11) is 2.90. The largest absolute Gasteiger partial charge is 0.504 e. The molecule has 7 nitrogen and oxygen atoms in total. The summed E-state index contributed by atoms with van der Waals surface area (Å²) in [5.41, 5.74) is 1.32. The molecule has 0 bridgehead atoms. The molecule has 0 radical (unpaired) electrons. The molecule has 0 aromatic heterocycles. The van der Waals surface area contributed by atoms with Crippen molar-refractivity contribution in [3.05, 3.63) is 52.4 Å². The van der Waals surface area contributed by atoms with Gasteiger partial charge in [0.15, 0.2) is 27.3 Å². The Morgan fingerprint density at radius 1 is 1.04 bits per heavy atom. The fourth-order valence-electron chi connectivity index (χ4n) is 2.39. The van der Waals surface area contributed by atoms with Crippen molar-refractivity contribution in [3.63, 3.8) is 0 Å². The molecule has 1 aliphatic rings. The molecule has 1 heterocycles. The zero-order chi connectivity index (χ0) is 20.3. The Bertz CT molecular complexity index is 1000. The lowest BCUT2D eigenvalue weighted by molar-refractivity contribution is -0.122. The monoisotopic (exact) mass is 416 g/mol. The standard InChI is InChI=1S/C19H16N2O5S2/c1-25-15-7-11(3-5-13(15)22)9-17-18(24)21(19(27)28-17)20-10-12-4-6-14(23)16(8-12)26-2/h3-10,22-23H,1-2H3/b17-9-,20-10-. The third-order valence-corrected chi connectivity index (χ3v) is 5.08. The summed E-state index contributed by atoms with van der Waals surface area (Å²) >= 11 is 6.38. The van der Waals surface area contributed by atoms with Crippen molar-refractivity contribution in [2.75, 3.05) is 14.2 Å². The number of nitrogens with zero attached hydrogens (tertiary/aromatic N) is 2. The number of rotatable bonds is 5. The molecule has 144 valence electrons. The summed E-state index contributed by atoms with van der Waals surface area (Å²) in [5, 5.41) is 24.6. The zero-order valence-electron chi connectivity index (χ0n) is 14.9. The van der Waals surface area contributed by atoms with E-state index in [9.17, 15) is 15.0 Å². The van der Waals surface area contributed by atoms with E-state index < -0.39 is 0 Å². The van der Waals surface area contributed by atoms with Crippen LogP contribution in [0.5, 0.6) is 23.0 Å². The highest BCUT2D eigenvalue weighted by atomic mass is 32.2. The quantitative estimate of drug-likeness (QED) is 0.439. The average molecular weight is 416 g/mol. The van der Waals surface area contributed by atoms with Gasteiger partial charge in [0.1, 0.15) is 0 Å². The summed E-state index contributed by atoms with van der Waals surface area (Å²) in [6.07, 6.45) is 3.11. The molecular formula is C19H16N2O5S2. The topological polar surface area (TPSA) is 91.6 Å². The van der Waals surface area contributed by atoms with Crippen LogP contribution in [0.15, 0.2) is 46.4 Å². The number of ether oxygens (including phenoxy) is 2. The maximum atomic E-state index is 12.6. The number of phenolic OH excluding ortho intramolecular Hbond substituents is 2. The van der Waals surface area contributed by atoms with Gasteiger partial charge in [-0.25, -0.2) is 0 Å². The summed E-state index contributed by atoms with van der Waals surface area (Å²) in [5.74, 6) is 0.279. The molecule has 0 saturated carbocycles. The van der Waals surface area contributed by atoms with Crippen LogP contribution >= 0.6 is 24.0 Å². The minimum absolute atomic E-state index is 0.0116. The molecule has 2 aromatic rings. The molecule has 1 amide bonds. The lowest BCUT2D eigenvalue weighted by Gasteiger charge is -2.07. The highest BCUT2D eigenvalue weighted by Crippen LogP contribution is 2.34. The Morgan fingerprint density at radius 3 is 2.21 bits per heavy atom. The number of hydrazone groups is 1. The van der Waals surface area contributed by atoms with Crippen molar-refractivity contribution in [3.8, 4) is 23.0 Å². The van der Waals surface area contributed by atoms with Gasteiger partial charge in [0.2, 0.25) is 0 Å². The molecule has 0 aliphatic carbocycles. The number of benzene rings is 2. The fourth-order valence-corrected chi connectivity index (χ4v) is 3.57. The molecule has 1 fully saturated rings. The van der Waals surface area contributed by atoms with Crippen molar-refractivity contribution >= 4 is 46.5 Å². The van der Waals surface area contributed by atoms with E-state index in [4.69, 9.17) is 21.7 Å². The number of hydrogen-bond donors (Lipinski definition) is 2. The van der Waals surface area contributed by atoms with Crippen molar-refractivity contribution in [2.45, 2.75) is 0 Å².